The van der Waals surface area contributed by atoms with Crippen LogP contribution in [0.25, 0.3) is 16.9 Å². The Labute approximate surface area is 142 Å². The van der Waals surface area contributed by atoms with Crippen molar-refractivity contribution in [3.8, 4) is 11.3 Å². The standard InChI is InChI=1S/C17H18N6O2/c24-16-11(8-19-17(25)20-16)12-7-14(15-18-5-6-23(15)21-12)22-9-10-3-1-2-4-13(10)22/h5-8,10,13H,1-4,9H2,(H2,19,20,24,25). The first-order valence-corrected chi connectivity index (χ1v) is 8.64. The Kier molecular flexibility index (Phi) is 3.06. The molecule has 0 amide bonds. The van der Waals surface area contributed by atoms with E-state index in [4.69, 9.17) is 0 Å². The quantitative estimate of drug-likeness (QED) is 0.730. The van der Waals surface area contributed by atoms with Crippen molar-refractivity contribution in [3.05, 3.63) is 45.5 Å². The zero-order chi connectivity index (χ0) is 17.0. The first-order chi connectivity index (χ1) is 12.2. The van der Waals surface area contributed by atoms with Crippen LogP contribution in [0.4, 0.5) is 5.69 Å². The van der Waals surface area contributed by atoms with Gasteiger partial charge in [-0.3, -0.25) is 9.78 Å². The van der Waals surface area contributed by atoms with Gasteiger partial charge in [0.2, 0.25) is 0 Å². The van der Waals surface area contributed by atoms with Crippen molar-refractivity contribution >= 4 is 11.3 Å². The van der Waals surface area contributed by atoms with E-state index in [1.807, 2.05) is 6.07 Å². The van der Waals surface area contributed by atoms with Crippen LogP contribution in [0.15, 0.2) is 34.2 Å². The van der Waals surface area contributed by atoms with Crippen LogP contribution in [0.5, 0.6) is 0 Å². The fourth-order valence-corrected chi connectivity index (χ4v) is 4.18. The average Bonchev–Trinajstić information content (AvgIpc) is 3.04. The Morgan fingerprint density at radius 2 is 2.08 bits per heavy atom. The van der Waals surface area contributed by atoms with Gasteiger partial charge in [-0.25, -0.2) is 14.3 Å². The van der Waals surface area contributed by atoms with Crippen LogP contribution < -0.4 is 16.1 Å². The molecule has 3 aromatic heterocycles. The number of hydrogen-bond acceptors (Lipinski definition) is 5. The number of imidazole rings is 1. The molecule has 5 rings (SSSR count). The Balaban J connectivity index is 1.65. The zero-order valence-electron chi connectivity index (χ0n) is 13.6. The average molecular weight is 338 g/mol. The number of aromatic amines is 2. The van der Waals surface area contributed by atoms with Gasteiger partial charge in [-0.15, -0.1) is 0 Å². The maximum absolute atomic E-state index is 12.2. The van der Waals surface area contributed by atoms with Crippen molar-refractivity contribution in [2.24, 2.45) is 5.92 Å². The monoisotopic (exact) mass is 338 g/mol. The minimum absolute atomic E-state index is 0.345. The van der Waals surface area contributed by atoms with Crippen molar-refractivity contribution in [3.63, 3.8) is 0 Å². The van der Waals surface area contributed by atoms with Gasteiger partial charge in [0.15, 0.2) is 5.65 Å². The van der Waals surface area contributed by atoms with E-state index in [-0.39, 0.29) is 0 Å². The minimum atomic E-state index is -0.523. The van der Waals surface area contributed by atoms with Gasteiger partial charge in [-0.1, -0.05) is 12.8 Å². The third-order valence-electron chi connectivity index (χ3n) is 5.44. The lowest BCUT2D eigenvalue weighted by Gasteiger charge is -2.52. The smallest absolute Gasteiger partial charge is 0.325 e. The summed E-state index contributed by atoms with van der Waals surface area (Å²) in [6.45, 7) is 1.03. The Hall–Kier alpha value is -2.90. The summed E-state index contributed by atoms with van der Waals surface area (Å²) in [5.74, 6) is 0.761. The number of nitrogens with zero attached hydrogens (tertiary/aromatic N) is 4. The predicted octanol–water partition coefficient (Wildman–Crippen LogP) is 1.15. The largest absolute Gasteiger partial charge is 0.365 e. The van der Waals surface area contributed by atoms with Crippen LogP contribution >= 0.6 is 0 Å². The third-order valence-corrected chi connectivity index (χ3v) is 5.44. The van der Waals surface area contributed by atoms with Gasteiger partial charge in [0.1, 0.15) is 5.69 Å². The Bertz CT molecular complexity index is 1060. The van der Waals surface area contributed by atoms with Crippen LogP contribution in [-0.4, -0.2) is 37.2 Å². The van der Waals surface area contributed by atoms with E-state index < -0.39 is 11.2 Å². The molecule has 1 aliphatic carbocycles. The van der Waals surface area contributed by atoms with Gasteiger partial charge in [0.05, 0.1) is 11.3 Å². The number of rotatable bonds is 2. The fourth-order valence-electron chi connectivity index (χ4n) is 4.18. The first kappa shape index (κ1) is 14.4. The highest BCUT2D eigenvalue weighted by atomic mass is 16.2. The summed E-state index contributed by atoms with van der Waals surface area (Å²) in [5.41, 5.74) is 1.71. The number of fused-ring (bicyclic) bond motifs is 2. The lowest BCUT2D eigenvalue weighted by molar-refractivity contribution is 0.214. The van der Waals surface area contributed by atoms with Gasteiger partial charge >= 0.3 is 5.69 Å². The molecule has 1 saturated heterocycles. The highest BCUT2D eigenvalue weighted by molar-refractivity contribution is 5.75. The number of hydrogen-bond donors (Lipinski definition) is 2. The molecule has 8 heteroatoms. The van der Waals surface area contributed by atoms with Crippen molar-refractivity contribution in [2.75, 3.05) is 11.4 Å². The van der Waals surface area contributed by atoms with Gasteiger partial charge in [0.25, 0.3) is 5.56 Å². The van der Waals surface area contributed by atoms with E-state index in [9.17, 15) is 9.59 Å². The molecule has 0 radical (unpaired) electrons. The van der Waals surface area contributed by atoms with Gasteiger partial charge in [-0.2, -0.15) is 5.10 Å². The van der Waals surface area contributed by atoms with E-state index in [2.05, 4.69) is 25.0 Å². The molecule has 3 aromatic rings. The van der Waals surface area contributed by atoms with Crippen LogP contribution in [0.2, 0.25) is 0 Å². The molecule has 8 nitrogen and oxygen atoms in total. The van der Waals surface area contributed by atoms with Crippen molar-refractivity contribution in [2.45, 2.75) is 31.7 Å². The third kappa shape index (κ3) is 2.20. The molecule has 2 aliphatic rings. The summed E-state index contributed by atoms with van der Waals surface area (Å²) in [6.07, 6.45) is 9.99. The van der Waals surface area contributed by atoms with Crippen LogP contribution in [-0.2, 0) is 0 Å². The minimum Gasteiger partial charge on any atom is -0.365 e. The van der Waals surface area contributed by atoms with Crippen molar-refractivity contribution in [1.29, 1.82) is 0 Å². The summed E-state index contributed by atoms with van der Waals surface area (Å²) in [7, 11) is 0. The molecule has 1 aliphatic heterocycles. The van der Waals surface area contributed by atoms with E-state index in [0.29, 0.717) is 17.3 Å². The Morgan fingerprint density at radius 3 is 2.92 bits per heavy atom. The number of anilines is 1. The molecule has 2 fully saturated rings. The highest BCUT2D eigenvalue weighted by Crippen LogP contribution is 2.41. The van der Waals surface area contributed by atoms with Crippen LogP contribution in [0.1, 0.15) is 25.7 Å². The van der Waals surface area contributed by atoms with Gasteiger partial charge < -0.3 is 9.88 Å². The molecule has 2 unspecified atom stereocenters. The molecule has 2 atom stereocenters. The highest BCUT2D eigenvalue weighted by Gasteiger charge is 2.41. The summed E-state index contributed by atoms with van der Waals surface area (Å²) < 4.78 is 1.70. The summed E-state index contributed by atoms with van der Waals surface area (Å²) in [4.78, 5) is 35.0. The molecule has 128 valence electrons. The molecule has 2 N–H and O–H groups in total. The van der Waals surface area contributed by atoms with E-state index in [0.717, 1.165) is 23.8 Å². The number of H-pyrrole nitrogens is 2. The van der Waals surface area contributed by atoms with E-state index >= 15 is 0 Å². The van der Waals surface area contributed by atoms with E-state index in [1.165, 1.54) is 31.9 Å². The molecule has 0 bridgehead atoms. The van der Waals surface area contributed by atoms with E-state index in [1.54, 1.807) is 16.9 Å². The molecule has 0 aromatic carbocycles. The summed E-state index contributed by atoms with van der Waals surface area (Å²) in [6, 6.07) is 2.47. The maximum Gasteiger partial charge on any atom is 0.325 e. The normalized spacial score (nSPS) is 22.6. The number of nitrogens with one attached hydrogen (secondary N) is 2. The lowest BCUT2D eigenvalue weighted by Crippen LogP contribution is -2.57. The van der Waals surface area contributed by atoms with Gasteiger partial charge in [0, 0.05) is 31.2 Å². The predicted molar refractivity (Wildman–Crippen MR) is 92.8 cm³/mol. The molecular formula is C17H18N6O2. The Morgan fingerprint density at radius 1 is 1.20 bits per heavy atom. The summed E-state index contributed by atoms with van der Waals surface area (Å²) >= 11 is 0. The molecule has 25 heavy (non-hydrogen) atoms. The topological polar surface area (TPSA) is 99.2 Å². The number of aromatic nitrogens is 5. The van der Waals surface area contributed by atoms with Crippen LogP contribution in [0.3, 0.4) is 0 Å². The molecular weight excluding hydrogens is 320 g/mol. The van der Waals surface area contributed by atoms with Crippen molar-refractivity contribution < 1.29 is 0 Å². The summed E-state index contributed by atoms with van der Waals surface area (Å²) in [5, 5.41) is 4.49. The van der Waals surface area contributed by atoms with Crippen LogP contribution in [0, 0.1) is 5.92 Å². The maximum atomic E-state index is 12.2. The first-order valence-electron chi connectivity index (χ1n) is 8.64. The van der Waals surface area contributed by atoms with Gasteiger partial charge in [-0.05, 0) is 24.8 Å². The van der Waals surface area contributed by atoms with Crippen molar-refractivity contribution in [1.82, 2.24) is 24.6 Å². The molecule has 0 spiro atoms. The zero-order valence-corrected chi connectivity index (χ0v) is 13.6. The lowest BCUT2D eigenvalue weighted by atomic mass is 9.76. The SMILES string of the molecule is O=c1[nH]cc(-c2cc(N3CC4CCCCC43)c3nccn3n2)c(=O)[nH]1. The second-order valence-electron chi connectivity index (χ2n) is 6.86. The second kappa shape index (κ2) is 5.30. The fraction of sp³-hybridized carbons (Fsp3) is 0.412. The molecule has 4 heterocycles. The molecule has 1 saturated carbocycles. The second-order valence-corrected chi connectivity index (χ2v) is 6.86.